The summed E-state index contributed by atoms with van der Waals surface area (Å²) in [5, 5.41) is 9.04. The van der Waals surface area contributed by atoms with Gasteiger partial charge in [0.2, 0.25) is 0 Å². The molecule has 0 aliphatic carbocycles. The molecule has 2 aromatic rings. The van der Waals surface area contributed by atoms with Gasteiger partial charge in [-0.05, 0) is 54.5 Å². The maximum atomic E-state index is 4.35. The van der Waals surface area contributed by atoms with Crippen molar-refractivity contribution >= 4 is 38.9 Å². The van der Waals surface area contributed by atoms with E-state index in [4.69, 9.17) is 0 Å². The van der Waals surface area contributed by atoms with Crippen molar-refractivity contribution in [1.29, 1.82) is 0 Å². The molecule has 0 radical (unpaired) electrons. The van der Waals surface area contributed by atoms with Crippen LogP contribution in [0.1, 0.15) is 16.9 Å². The van der Waals surface area contributed by atoms with Crippen LogP contribution in [0.3, 0.4) is 0 Å². The number of benzene rings is 1. The Bertz CT molecular complexity index is 728. The maximum Gasteiger partial charge on any atom is 0.191 e. The summed E-state index contributed by atoms with van der Waals surface area (Å²) in [5.74, 6) is 1.52. The Morgan fingerprint density at radius 1 is 1.36 bits per heavy atom. The smallest absolute Gasteiger partial charge is 0.191 e. The number of rotatable bonds is 5. The molecule has 1 aromatic heterocycles. The summed E-state index contributed by atoms with van der Waals surface area (Å²) in [5.41, 5.74) is 2.64. The number of nitrogens with zero attached hydrogens (tertiary/aromatic N) is 2. The number of halogens is 1. The van der Waals surface area contributed by atoms with E-state index < -0.39 is 0 Å². The number of guanidine groups is 1. The molecular formula is C19H25BrN4S. The van der Waals surface area contributed by atoms with Gasteiger partial charge in [0, 0.05) is 41.7 Å². The number of aryl methyl sites for hydroxylation is 1. The van der Waals surface area contributed by atoms with E-state index >= 15 is 0 Å². The number of aliphatic imine (C=N–C) groups is 1. The molecule has 1 unspecified atom stereocenters. The summed E-state index contributed by atoms with van der Waals surface area (Å²) >= 11 is 5.35. The minimum absolute atomic E-state index is 0.640. The van der Waals surface area contributed by atoms with Crippen molar-refractivity contribution in [3.8, 4) is 0 Å². The van der Waals surface area contributed by atoms with Crippen molar-refractivity contribution in [2.45, 2.75) is 19.9 Å². The van der Waals surface area contributed by atoms with Crippen LogP contribution in [0.2, 0.25) is 0 Å². The van der Waals surface area contributed by atoms with Gasteiger partial charge in [0.05, 0.1) is 6.54 Å². The third-order valence-electron chi connectivity index (χ3n) is 4.63. The highest BCUT2D eigenvalue weighted by Gasteiger charge is 2.22. The number of thiophene rings is 1. The van der Waals surface area contributed by atoms with E-state index in [9.17, 15) is 0 Å². The lowest BCUT2D eigenvalue weighted by atomic mass is 10.1. The molecule has 3 rings (SSSR count). The normalized spacial score (nSPS) is 17.8. The largest absolute Gasteiger partial charge is 0.371 e. The summed E-state index contributed by atoms with van der Waals surface area (Å²) < 4.78 is 1.14. The molecular weight excluding hydrogens is 396 g/mol. The second-order valence-corrected chi connectivity index (χ2v) is 8.33. The van der Waals surface area contributed by atoms with Gasteiger partial charge < -0.3 is 15.5 Å². The third kappa shape index (κ3) is 4.98. The first-order valence-corrected chi connectivity index (χ1v) is 10.3. The van der Waals surface area contributed by atoms with Crippen molar-refractivity contribution < 1.29 is 0 Å². The van der Waals surface area contributed by atoms with E-state index in [-0.39, 0.29) is 0 Å². The molecule has 1 saturated heterocycles. The number of hydrogen-bond acceptors (Lipinski definition) is 3. The highest BCUT2D eigenvalue weighted by Crippen LogP contribution is 2.25. The van der Waals surface area contributed by atoms with Crippen molar-refractivity contribution in [1.82, 2.24) is 10.6 Å². The van der Waals surface area contributed by atoms with Gasteiger partial charge in [-0.2, -0.15) is 0 Å². The lowest BCUT2D eigenvalue weighted by molar-refractivity contribution is 0.566. The van der Waals surface area contributed by atoms with Crippen LogP contribution in [0.4, 0.5) is 5.69 Å². The van der Waals surface area contributed by atoms with Crippen molar-refractivity contribution in [3.63, 3.8) is 0 Å². The quantitative estimate of drug-likeness (QED) is 0.566. The van der Waals surface area contributed by atoms with Crippen LogP contribution in [0.5, 0.6) is 0 Å². The molecule has 134 valence electrons. The molecule has 1 aliphatic rings. The number of hydrogen-bond donors (Lipinski definition) is 2. The molecule has 6 heteroatoms. The van der Waals surface area contributed by atoms with E-state index in [1.807, 2.05) is 7.05 Å². The molecule has 4 nitrogen and oxygen atoms in total. The van der Waals surface area contributed by atoms with Crippen LogP contribution >= 0.6 is 27.3 Å². The monoisotopic (exact) mass is 420 g/mol. The van der Waals surface area contributed by atoms with Gasteiger partial charge in [0.25, 0.3) is 0 Å². The first-order chi connectivity index (χ1) is 12.2. The van der Waals surface area contributed by atoms with Crippen molar-refractivity contribution in [3.05, 3.63) is 50.6 Å². The van der Waals surface area contributed by atoms with Gasteiger partial charge in [-0.25, -0.2) is 0 Å². The molecule has 2 N–H and O–H groups in total. The van der Waals surface area contributed by atoms with Crippen molar-refractivity contribution in [2.24, 2.45) is 10.9 Å². The lowest BCUT2D eigenvalue weighted by Gasteiger charge is -2.19. The molecule has 0 bridgehead atoms. The van der Waals surface area contributed by atoms with Gasteiger partial charge in [-0.1, -0.05) is 22.0 Å². The Kier molecular flexibility index (Phi) is 6.37. The fraction of sp³-hybridized carbons (Fsp3) is 0.421. The summed E-state index contributed by atoms with van der Waals surface area (Å²) in [6, 6.07) is 10.7. The average Bonchev–Trinajstić information content (AvgIpc) is 3.24. The summed E-state index contributed by atoms with van der Waals surface area (Å²) in [7, 11) is 1.83. The third-order valence-corrected chi connectivity index (χ3v) is 6.14. The van der Waals surface area contributed by atoms with Crippen LogP contribution < -0.4 is 15.5 Å². The fourth-order valence-electron chi connectivity index (χ4n) is 3.12. The Labute approximate surface area is 162 Å². The highest BCUT2D eigenvalue weighted by atomic mass is 79.9. The second kappa shape index (κ2) is 8.72. The van der Waals surface area contributed by atoms with Gasteiger partial charge in [0.1, 0.15) is 0 Å². The molecule has 2 heterocycles. The van der Waals surface area contributed by atoms with Crippen LogP contribution in [-0.4, -0.2) is 32.6 Å². The van der Waals surface area contributed by atoms with Crippen LogP contribution in [0.15, 0.2) is 45.2 Å². The average molecular weight is 421 g/mol. The van der Waals surface area contributed by atoms with Gasteiger partial charge in [-0.3, -0.25) is 4.99 Å². The fourth-order valence-corrected chi connectivity index (χ4v) is 4.35. The topological polar surface area (TPSA) is 39.7 Å². The molecule has 0 spiro atoms. The Morgan fingerprint density at radius 2 is 2.24 bits per heavy atom. The minimum Gasteiger partial charge on any atom is -0.371 e. The van der Waals surface area contributed by atoms with E-state index in [0.29, 0.717) is 5.92 Å². The molecule has 25 heavy (non-hydrogen) atoms. The van der Waals surface area contributed by atoms with Crippen molar-refractivity contribution in [2.75, 3.05) is 31.6 Å². The predicted molar refractivity (Wildman–Crippen MR) is 112 cm³/mol. The zero-order valence-electron chi connectivity index (χ0n) is 14.8. The second-order valence-electron chi connectivity index (χ2n) is 6.41. The minimum atomic E-state index is 0.640. The SMILES string of the molecule is CN=C(NCc1sccc1C)NCC1CCN(c2cccc(Br)c2)C1. The summed E-state index contributed by atoms with van der Waals surface area (Å²) in [6.45, 7) is 6.14. The highest BCUT2D eigenvalue weighted by molar-refractivity contribution is 9.10. The molecule has 1 fully saturated rings. The molecule has 0 saturated carbocycles. The lowest BCUT2D eigenvalue weighted by Crippen LogP contribution is -2.39. The first kappa shape index (κ1) is 18.3. The van der Waals surface area contributed by atoms with Gasteiger partial charge in [-0.15, -0.1) is 11.3 Å². The molecule has 1 aromatic carbocycles. The Balaban J connectivity index is 1.46. The molecule has 1 aliphatic heterocycles. The standard InChI is InChI=1S/C19H25BrN4S/c1-14-7-9-25-18(14)12-23-19(21-2)22-11-15-6-8-24(13-15)17-5-3-4-16(20)10-17/h3-5,7,9-10,15H,6,8,11-13H2,1-2H3,(H2,21,22,23). The summed E-state index contributed by atoms with van der Waals surface area (Å²) in [6.07, 6.45) is 1.21. The van der Waals surface area contributed by atoms with E-state index in [1.165, 1.54) is 22.5 Å². The van der Waals surface area contributed by atoms with Crippen LogP contribution in [0, 0.1) is 12.8 Å². The first-order valence-electron chi connectivity index (χ1n) is 8.63. The molecule has 1 atom stereocenters. The maximum absolute atomic E-state index is 4.35. The molecule has 0 amide bonds. The van der Waals surface area contributed by atoms with Crippen LogP contribution in [0.25, 0.3) is 0 Å². The van der Waals surface area contributed by atoms with E-state index in [1.54, 1.807) is 11.3 Å². The van der Waals surface area contributed by atoms with Crippen LogP contribution in [-0.2, 0) is 6.54 Å². The van der Waals surface area contributed by atoms with Gasteiger partial charge in [0.15, 0.2) is 5.96 Å². The van der Waals surface area contributed by atoms with E-state index in [0.717, 1.165) is 36.6 Å². The number of anilines is 1. The van der Waals surface area contributed by atoms with E-state index in [2.05, 4.69) is 79.1 Å². The van der Waals surface area contributed by atoms with Gasteiger partial charge >= 0.3 is 0 Å². The Morgan fingerprint density at radius 3 is 2.96 bits per heavy atom. The zero-order valence-corrected chi connectivity index (χ0v) is 17.2. The predicted octanol–water partition coefficient (Wildman–Crippen LogP) is 4.01. The number of nitrogens with one attached hydrogen (secondary N) is 2. The Hall–Kier alpha value is -1.53. The zero-order chi connectivity index (χ0) is 17.6. The summed E-state index contributed by atoms with van der Waals surface area (Å²) in [4.78, 5) is 8.17.